The number of nitrogens with zero attached hydrogens (tertiary/aromatic N) is 1. The summed E-state index contributed by atoms with van der Waals surface area (Å²) in [4.78, 5) is 29.1. The Balaban J connectivity index is 1.74. The first-order valence-corrected chi connectivity index (χ1v) is 12.1. The van der Waals surface area contributed by atoms with Crippen LogP contribution in [0.1, 0.15) is 47.1 Å². The molecule has 1 aromatic heterocycles. The Morgan fingerprint density at radius 2 is 1.83 bits per heavy atom. The minimum absolute atomic E-state index is 0.0282. The van der Waals surface area contributed by atoms with Crippen LogP contribution in [0.25, 0.3) is 11.0 Å². The van der Waals surface area contributed by atoms with E-state index in [2.05, 4.69) is 13.8 Å². The fourth-order valence-corrected chi connectivity index (χ4v) is 4.71. The van der Waals surface area contributed by atoms with Crippen LogP contribution in [0.5, 0.6) is 11.5 Å². The summed E-state index contributed by atoms with van der Waals surface area (Å²) in [6.07, 6.45) is 0. The van der Waals surface area contributed by atoms with E-state index in [0.29, 0.717) is 51.3 Å². The number of benzene rings is 3. The molecular weight excluding hydrogens is 478 g/mol. The quantitative estimate of drug-likeness (QED) is 0.298. The Hall–Kier alpha value is -3.77. The third-order valence-electron chi connectivity index (χ3n) is 6.19. The van der Waals surface area contributed by atoms with Gasteiger partial charge in [0, 0.05) is 10.7 Å². The molecule has 0 spiro atoms. The van der Waals surface area contributed by atoms with E-state index in [1.807, 2.05) is 25.1 Å². The second kappa shape index (κ2) is 9.36. The van der Waals surface area contributed by atoms with Gasteiger partial charge in [-0.1, -0.05) is 49.2 Å². The molecule has 1 amide bonds. The average Bonchev–Trinajstić information content (AvgIpc) is 3.15. The lowest BCUT2D eigenvalue weighted by atomic mass is 9.97. The van der Waals surface area contributed by atoms with Crippen LogP contribution in [-0.2, 0) is 0 Å². The average molecular weight is 504 g/mol. The minimum Gasteiger partial charge on any atom is -0.493 e. The lowest BCUT2D eigenvalue weighted by Crippen LogP contribution is -2.29. The number of carbonyl (C=O) groups is 1. The lowest BCUT2D eigenvalue weighted by Gasteiger charge is -2.26. The number of ether oxygens (including phenoxy) is 2. The molecule has 0 bridgehead atoms. The molecule has 184 valence electrons. The molecule has 0 radical (unpaired) electrons. The zero-order chi connectivity index (χ0) is 25.6. The number of amides is 1. The number of hydrogen-bond donors (Lipinski definition) is 0. The standard InChI is InChI=1S/C29H26ClNO5/c1-16(2)15-35-23-11-9-18(13-24(23)34-4)26-25-27(32)21-12-17(3)8-10-22(21)36-28(25)29(33)31(26)20-7-5-6-19(30)14-20/h5-14,16,26H,15H2,1-4H3. The van der Waals surface area contributed by atoms with E-state index in [1.165, 1.54) is 0 Å². The van der Waals surface area contributed by atoms with E-state index in [9.17, 15) is 9.59 Å². The highest BCUT2D eigenvalue weighted by atomic mass is 35.5. The summed E-state index contributed by atoms with van der Waals surface area (Å²) < 4.78 is 17.6. The van der Waals surface area contributed by atoms with E-state index >= 15 is 0 Å². The summed E-state index contributed by atoms with van der Waals surface area (Å²) in [6.45, 7) is 6.57. The molecule has 36 heavy (non-hydrogen) atoms. The van der Waals surface area contributed by atoms with Crippen LogP contribution >= 0.6 is 11.6 Å². The second-order valence-electron chi connectivity index (χ2n) is 9.35. The predicted molar refractivity (Wildman–Crippen MR) is 141 cm³/mol. The van der Waals surface area contributed by atoms with Gasteiger partial charge >= 0.3 is 0 Å². The van der Waals surface area contributed by atoms with Crippen LogP contribution in [0.2, 0.25) is 5.02 Å². The third kappa shape index (κ3) is 4.11. The number of methoxy groups -OCH3 is 1. The van der Waals surface area contributed by atoms with Crippen molar-refractivity contribution in [3.63, 3.8) is 0 Å². The number of anilines is 1. The monoisotopic (exact) mass is 503 g/mol. The Kier molecular flexibility index (Phi) is 6.22. The normalized spacial score (nSPS) is 15.0. The van der Waals surface area contributed by atoms with Crippen LogP contribution in [0.15, 0.2) is 69.9 Å². The number of aryl methyl sites for hydroxylation is 1. The highest BCUT2D eigenvalue weighted by molar-refractivity contribution is 6.31. The summed E-state index contributed by atoms with van der Waals surface area (Å²) >= 11 is 6.28. The van der Waals surface area contributed by atoms with Gasteiger partial charge in [0.05, 0.1) is 30.7 Å². The molecule has 1 atom stereocenters. The fraction of sp³-hybridized carbons (Fsp3) is 0.241. The Labute approximate surface area is 214 Å². The molecule has 0 saturated carbocycles. The molecule has 2 heterocycles. The van der Waals surface area contributed by atoms with Crippen molar-refractivity contribution >= 4 is 34.2 Å². The van der Waals surface area contributed by atoms with E-state index in [1.54, 1.807) is 54.5 Å². The van der Waals surface area contributed by atoms with E-state index < -0.39 is 11.9 Å². The van der Waals surface area contributed by atoms with E-state index in [4.69, 9.17) is 25.5 Å². The van der Waals surface area contributed by atoms with Crippen molar-refractivity contribution < 1.29 is 18.7 Å². The number of halogens is 1. The molecule has 0 aliphatic carbocycles. The highest BCUT2D eigenvalue weighted by Crippen LogP contribution is 2.43. The van der Waals surface area contributed by atoms with Crippen LogP contribution in [0, 0.1) is 12.8 Å². The summed E-state index contributed by atoms with van der Waals surface area (Å²) in [5, 5.41) is 0.911. The number of fused-ring (bicyclic) bond motifs is 2. The topological polar surface area (TPSA) is 69.0 Å². The third-order valence-corrected chi connectivity index (χ3v) is 6.42. The highest BCUT2D eigenvalue weighted by Gasteiger charge is 2.44. The number of rotatable bonds is 6. The molecule has 0 N–H and O–H groups in total. The van der Waals surface area contributed by atoms with Crippen molar-refractivity contribution in [1.82, 2.24) is 0 Å². The molecule has 5 rings (SSSR count). The molecule has 4 aromatic rings. The van der Waals surface area contributed by atoms with E-state index in [0.717, 1.165) is 5.56 Å². The summed E-state index contributed by atoms with van der Waals surface area (Å²) in [6, 6.07) is 17.1. The first-order chi connectivity index (χ1) is 17.3. The zero-order valence-electron chi connectivity index (χ0n) is 20.5. The maximum Gasteiger partial charge on any atom is 0.295 e. The molecule has 6 nitrogen and oxygen atoms in total. The van der Waals surface area contributed by atoms with Crippen LogP contribution in [-0.4, -0.2) is 19.6 Å². The molecular formula is C29H26ClNO5. The minimum atomic E-state index is -0.736. The van der Waals surface area contributed by atoms with E-state index in [-0.39, 0.29) is 16.8 Å². The maximum atomic E-state index is 13.8. The largest absolute Gasteiger partial charge is 0.493 e. The summed E-state index contributed by atoms with van der Waals surface area (Å²) in [5.74, 6) is 1.07. The van der Waals surface area contributed by atoms with Crippen LogP contribution < -0.4 is 19.8 Å². The Bertz CT molecular complexity index is 1540. The van der Waals surface area contributed by atoms with Crippen molar-refractivity contribution in [2.75, 3.05) is 18.6 Å². The van der Waals surface area contributed by atoms with Gasteiger partial charge in [0.15, 0.2) is 16.9 Å². The van der Waals surface area contributed by atoms with Crippen LogP contribution in [0.3, 0.4) is 0 Å². The van der Waals surface area contributed by atoms with Gasteiger partial charge in [-0.25, -0.2) is 0 Å². The lowest BCUT2D eigenvalue weighted by molar-refractivity contribution is 0.0971. The first-order valence-electron chi connectivity index (χ1n) is 11.8. The van der Waals surface area contributed by atoms with Crippen molar-refractivity contribution in [2.45, 2.75) is 26.8 Å². The van der Waals surface area contributed by atoms with Crippen molar-refractivity contribution in [3.8, 4) is 11.5 Å². The van der Waals surface area contributed by atoms with Gasteiger partial charge in [-0.3, -0.25) is 14.5 Å². The number of hydrogen-bond acceptors (Lipinski definition) is 5. The molecule has 0 fully saturated rings. The maximum absolute atomic E-state index is 13.8. The van der Waals surface area contributed by atoms with Gasteiger partial charge in [-0.05, 0) is 60.9 Å². The van der Waals surface area contributed by atoms with Gasteiger partial charge in [-0.2, -0.15) is 0 Å². The Morgan fingerprint density at radius 1 is 1.03 bits per heavy atom. The molecule has 1 aliphatic heterocycles. The van der Waals surface area contributed by atoms with Gasteiger partial charge in [0.2, 0.25) is 5.76 Å². The van der Waals surface area contributed by atoms with Gasteiger partial charge in [0.25, 0.3) is 5.91 Å². The Morgan fingerprint density at radius 3 is 2.56 bits per heavy atom. The smallest absolute Gasteiger partial charge is 0.295 e. The second-order valence-corrected chi connectivity index (χ2v) is 9.78. The fourth-order valence-electron chi connectivity index (χ4n) is 4.52. The first kappa shape index (κ1) is 23.9. The van der Waals surface area contributed by atoms with Crippen molar-refractivity contribution in [3.05, 3.63) is 98.4 Å². The van der Waals surface area contributed by atoms with Crippen molar-refractivity contribution in [2.24, 2.45) is 5.92 Å². The summed E-state index contributed by atoms with van der Waals surface area (Å²) in [7, 11) is 1.56. The summed E-state index contributed by atoms with van der Waals surface area (Å²) in [5.41, 5.74) is 2.60. The molecule has 1 aliphatic rings. The SMILES string of the molecule is COc1cc(C2c3c(oc4ccc(C)cc4c3=O)C(=O)N2c2cccc(Cl)c2)ccc1OCC(C)C. The molecule has 1 unspecified atom stereocenters. The van der Waals surface area contributed by atoms with Gasteiger partial charge < -0.3 is 13.9 Å². The molecule has 3 aromatic carbocycles. The van der Waals surface area contributed by atoms with Crippen LogP contribution in [0.4, 0.5) is 5.69 Å². The van der Waals surface area contributed by atoms with Gasteiger partial charge in [0.1, 0.15) is 5.58 Å². The molecule has 7 heteroatoms. The number of carbonyl (C=O) groups excluding carboxylic acids is 1. The van der Waals surface area contributed by atoms with Gasteiger partial charge in [-0.15, -0.1) is 0 Å². The molecule has 0 saturated heterocycles. The predicted octanol–water partition coefficient (Wildman–Crippen LogP) is 6.55. The van der Waals surface area contributed by atoms with Crippen molar-refractivity contribution in [1.29, 1.82) is 0 Å². The zero-order valence-corrected chi connectivity index (χ0v) is 21.3.